The lowest BCUT2D eigenvalue weighted by atomic mass is 9.92. The van der Waals surface area contributed by atoms with Gasteiger partial charge in [0.1, 0.15) is 0 Å². The second kappa shape index (κ2) is 6.21. The first kappa shape index (κ1) is 15.4. The van der Waals surface area contributed by atoms with Crippen LogP contribution in [-0.2, 0) is 11.8 Å². The molecule has 0 bridgehead atoms. The summed E-state index contributed by atoms with van der Waals surface area (Å²) in [5.41, 5.74) is 0.737. The maximum atomic E-state index is 12.9. The van der Waals surface area contributed by atoms with Crippen molar-refractivity contribution in [3.8, 4) is 0 Å². The SMILES string of the molecule is Cn1cccc1C1CCCCCN1C(=O)C(C)(C)CCl. The Morgan fingerprint density at radius 2 is 2.15 bits per heavy atom. The van der Waals surface area contributed by atoms with Gasteiger partial charge in [-0.15, -0.1) is 11.6 Å². The van der Waals surface area contributed by atoms with Crippen molar-refractivity contribution in [1.29, 1.82) is 0 Å². The van der Waals surface area contributed by atoms with Crippen LogP contribution in [0.3, 0.4) is 0 Å². The van der Waals surface area contributed by atoms with Gasteiger partial charge in [0.25, 0.3) is 0 Å². The highest BCUT2D eigenvalue weighted by Crippen LogP contribution is 2.34. The monoisotopic (exact) mass is 296 g/mol. The van der Waals surface area contributed by atoms with E-state index in [0.717, 1.165) is 19.4 Å². The number of alkyl halides is 1. The molecule has 20 heavy (non-hydrogen) atoms. The Balaban J connectivity index is 2.31. The second-order valence-corrected chi connectivity index (χ2v) is 6.69. The average molecular weight is 297 g/mol. The largest absolute Gasteiger partial charge is 0.353 e. The summed E-state index contributed by atoms with van der Waals surface area (Å²) >= 11 is 6.00. The van der Waals surface area contributed by atoms with Crippen molar-refractivity contribution in [2.45, 2.75) is 45.6 Å². The molecule has 1 amide bonds. The lowest BCUT2D eigenvalue weighted by Gasteiger charge is -2.36. The third-order valence-electron chi connectivity index (χ3n) is 4.25. The van der Waals surface area contributed by atoms with E-state index in [9.17, 15) is 4.79 Å². The molecule has 0 N–H and O–H groups in total. The molecule has 1 saturated heterocycles. The summed E-state index contributed by atoms with van der Waals surface area (Å²) in [6.45, 7) is 4.72. The minimum absolute atomic E-state index is 0.181. The molecule has 1 aliphatic heterocycles. The molecule has 4 heteroatoms. The molecule has 2 rings (SSSR count). The van der Waals surface area contributed by atoms with Crippen molar-refractivity contribution in [1.82, 2.24) is 9.47 Å². The average Bonchev–Trinajstić information content (AvgIpc) is 2.72. The molecule has 1 aromatic rings. The van der Waals surface area contributed by atoms with Crippen LogP contribution >= 0.6 is 11.6 Å². The summed E-state index contributed by atoms with van der Waals surface area (Å²) in [7, 11) is 2.05. The van der Waals surface area contributed by atoms with Crippen LogP contribution in [-0.4, -0.2) is 27.8 Å². The molecule has 3 nitrogen and oxygen atoms in total. The first-order valence-electron chi connectivity index (χ1n) is 7.45. The summed E-state index contributed by atoms with van der Waals surface area (Å²) in [5.74, 6) is 0.544. The van der Waals surface area contributed by atoms with E-state index >= 15 is 0 Å². The Labute approximate surface area is 126 Å². The number of carbonyl (C=O) groups is 1. The topological polar surface area (TPSA) is 25.2 Å². The third-order valence-corrected chi connectivity index (χ3v) is 4.92. The van der Waals surface area contributed by atoms with Crippen molar-refractivity contribution < 1.29 is 4.79 Å². The maximum Gasteiger partial charge on any atom is 0.229 e. The normalized spacial score (nSPS) is 20.8. The van der Waals surface area contributed by atoms with Crippen molar-refractivity contribution in [3.05, 3.63) is 24.0 Å². The highest BCUT2D eigenvalue weighted by Gasteiger charge is 2.36. The third kappa shape index (κ3) is 3.03. The molecule has 0 saturated carbocycles. The molecule has 0 spiro atoms. The Bertz CT molecular complexity index is 467. The number of hydrogen-bond donors (Lipinski definition) is 0. The zero-order valence-electron chi connectivity index (χ0n) is 12.7. The number of likely N-dealkylation sites (tertiary alicyclic amines) is 1. The fourth-order valence-corrected chi connectivity index (χ4v) is 3.04. The fraction of sp³-hybridized carbons (Fsp3) is 0.688. The minimum Gasteiger partial charge on any atom is -0.353 e. The van der Waals surface area contributed by atoms with Crippen LogP contribution in [0.15, 0.2) is 18.3 Å². The van der Waals surface area contributed by atoms with Crippen molar-refractivity contribution in [2.75, 3.05) is 12.4 Å². The van der Waals surface area contributed by atoms with Crippen LogP contribution in [0.4, 0.5) is 0 Å². The van der Waals surface area contributed by atoms with Gasteiger partial charge < -0.3 is 9.47 Å². The minimum atomic E-state index is -0.491. The van der Waals surface area contributed by atoms with Crippen molar-refractivity contribution in [3.63, 3.8) is 0 Å². The van der Waals surface area contributed by atoms with Gasteiger partial charge in [0, 0.05) is 31.4 Å². The molecule has 1 unspecified atom stereocenters. The summed E-state index contributed by atoms with van der Waals surface area (Å²) in [5, 5.41) is 0. The van der Waals surface area contributed by atoms with Crippen molar-refractivity contribution >= 4 is 17.5 Å². The zero-order chi connectivity index (χ0) is 14.8. The molecule has 0 aromatic carbocycles. The van der Waals surface area contributed by atoms with Crippen LogP contribution in [0.5, 0.6) is 0 Å². The molecule has 0 aliphatic carbocycles. The lowest BCUT2D eigenvalue weighted by Crippen LogP contribution is -2.44. The van der Waals surface area contributed by atoms with E-state index in [1.54, 1.807) is 0 Å². The van der Waals surface area contributed by atoms with E-state index in [0.29, 0.717) is 5.88 Å². The van der Waals surface area contributed by atoms with Gasteiger partial charge in [0.15, 0.2) is 0 Å². The quantitative estimate of drug-likeness (QED) is 0.780. The predicted octanol–water partition coefficient (Wildman–Crippen LogP) is 3.73. The highest BCUT2D eigenvalue weighted by atomic mass is 35.5. The summed E-state index contributed by atoms with van der Waals surface area (Å²) < 4.78 is 2.13. The Morgan fingerprint density at radius 1 is 1.40 bits per heavy atom. The van der Waals surface area contributed by atoms with Gasteiger partial charge in [-0.25, -0.2) is 0 Å². The van der Waals surface area contributed by atoms with E-state index in [-0.39, 0.29) is 11.9 Å². The number of rotatable bonds is 3. The first-order chi connectivity index (χ1) is 9.47. The molecule has 1 atom stereocenters. The molecule has 0 radical (unpaired) electrons. The molecular formula is C16H25ClN2O. The Kier molecular flexibility index (Phi) is 4.79. The molecule has 1 fully saturated rings. The summed E-state index contributed by atoms with van der Waals surface area (Å²) in [4.78, 5) is 14.9. The van der Waals surface area contributed by atoms with Crippen LogP contribution < -0.4 is 0 Å². The second-order valence-electron chi connectivity index (χ2n) is 6.43. The standard InChI is InChI=1S/C16H25ClN2O/c1-16(2,12-17)15(20)19-11-6-4-5-8-14(19)13-9-7-10-18(13)3/h7,9-10,14H,4-6,8,11-12H2,1-3H3. The van der Waals surface area contributed by atoms with Gasteiger partial charge in [-0.3, -0.25) is 4.79 Å². The number of amides is 1. The van der Waals surface area contributed by atoms with E-state index in [2.05, 4.69) is 34.8 Å². The van der Waals surface area contributed by atoms with Crippen LogP contribution in [0.25, 0.3) is 0 Å². The van der Waals surface area contributed by atoms with E-state index in [4.69, 9.17) is 11.6 Å². The fourth-order valence-electron chi connectivity index (χ4n) is 2.93. The molecule has 112 valence electrons. The Hall–Kier alpha value is -0.960. The van der Waals surface area contributed by atoms with Crippen LogP contribution in [0, 0.1) is 5.41 Å². The maximum absolute atomic E-state index is 12.9. The van der Waals surface area contributed by atoms with Gasteiger partial charge >= 0.3 is 0 Å². The van der Waals surface area contributed by atoms with Gasteiger partial charge in [0.2, 0.25) is 5.91 Å². The summed E-state index contributed by atoms with van der Waals surface area (Å²) in [6.07, 6.45) is 6.56. The van der Waals surface area contributed by atoms with Crippen molar-refractivity contribution in [2.24, 2.45) is 12.5 Å². The predicted molar refractivity (Wildman–Crippen MR) is 82.8 cm³/mol. The van der Waals surface area contributed by atoms with Gasteiger partial charge in [-0.05, 0) is 38.8 Å². The summed E-state index contributed by atoms with van der Waals surface area (Å²) in [6, 6.07) is 4.37. The van der Waals surface area contributed by atoms with Crippen LogP contribution in [0.1, 0.15) is 51.3 Å². The zero-order valence-corrected chi connectivity index (χ0v) is 13.5. The molecule has 1 aliphatic rings. The molecular weight excluding hydrogens is 272 g/mol. The molecule has 2 heterocycles. The number of carbonyl (C=O) groups excluding carboxylic acids is 1. The number of nitrogens with zero attached hydrogens (tertiary/aromatic N) is 2. The van der Waals surface area contributed by atoms with E-state index in [1.807, 2.05) is 13.8 Å². The number of aromatic nitrogens is 1. The van der Waals surface area contributed by atoms with Crippen LogP contribution in [0.2, 0.25) is 0 Å². The highest BCUT2D eigenvalue weighted by molar-refractivity contribution is 6.19. The smallest absolute Gasteiger partial charge is 0.229 e. The number of hydrogen-bond acceptors (Lipinski definition) is 1. The Morgan fingerprint density at radius 3 is 2.75 bits per heavy atom. The molecule has 1 aromatic heterocycles. The van der Waals surface area contributed by atoms with Gasteiger partial charge in [-0.1, -0.05) is 12.8 Å². The van der Waals surface area contributed by atoms with Gasteiger partial charge in [0.05, 0.1) is 11.5 Å². The number of aryl methyl sites for hydroxylation is 1. The first-order valence-corrected chi connectivity index (χ1v) is 7.99. The number of halogens is 1. The van der Waals surface area contributed by atoms with E-state index < -0.39 is 5.41 Å². The van der Waals surface area contributed by atoms with Gasteiger partial charge in [-0.2, -0.15) is 0 Å². The lowest BCUT2D eigenvalue weighted by molar-refractivity contribution is -0.142. The van der Waals surface area contributed by atoms with E-state index in [1.165, 1.54) is 18.5 Å².